The average Bonchev–Trinajstić information content (AvgIpc) is 1.59. The van der Waals surface area contributed by atoms with Gasteiger partial charge in [0.15, 0.2) is 40.6 Å². The lowest BCUT2D eigenvalue weighted by molar-refractivity contribution is 1.07. The highest BCUT2D eigenvalue weighted by Crippen LogP contribution is 2.44. The van der Waals surface area contributed by atoms with Gasteiger partial charge in [-0.25, -0.2) is 49.8 Å². The normalized spacial score (nSPS) is 11.4. The van der Waals surface area contributed by atoms with Gasteiger partial charge < -0.3 is 0 Å². The molecule has 20 rings (SSSR count). The summed E-state index contributed by atoms with van der Waals surface area (Å²) in [4.78, 5) is 50.6. The van der Waals surface area contributed by atoms with Gasteiger partial charge in [-0.15, -0.1) is 22.7 Å². The monoisotopic (exact) mass is 1390 g/mol. The summed E-state index contributed by atoms with van der Waals surface area (Å²) < 4.78 is 3.63. The molecule has 7 heterocycles. The van der Waals surface area contributed by atoms with Crippen LogP contribution in [0.15, 0.2) is 352 Å². The van der Waals surface area contributed by atoms with Crippen LogP contribution in [0.3, 0.4) is 0 Å². The van der Waals surface area contributed by atoms with E-state index in [0.717, 1.165) is 127 Å². The molecule has 10 nitrogen and oxygen atoms in total. The first-order valence-electron chi connectivity index (χ1n) is 35.0. The van der Waals surface area contributed by atoms with E-state index in [1.54, 1.807) is 22.7 Å². The van der Waals surface area contributed by atoms with Crippen molar-refractivity contribution in [3.63, 3.8) is 0 Å². The van der Waals surface area contributed by atoms with Crippen molar-refractivity contribution in [3.05, 3.63) is 352 Å². The van der Waals surface area contributed by atoms with Gasteiger partial charge in [0.05, 0.1) is 21.4 Å². The third kappa shape index (κ3) is 12.4. The van der Waals surface area contributed by atoms with Crippen molar-refractivity contribution in [1.29, 1.82) is 0 Å². The van der Waals surface area contributed by atoms with Crippen molar-refractivity contribution in [1.82, 2.24) is 49.8 Å². The Morgan fingerprint density at radius 3 is 1.06 bits per heavy atom. The molecule has 20 aromatic rings. The molecule has 0 aliphatic heterocycles. The molecule has 0 aliphatic rings. The minimum Gasteiger partial charge on any atom is -0.243 e. The van der Waals surface area contributed by atoms with Gasteiger partial charge in [0, 0.05) is 76.1 Å². The number of rotatable bonds is 12. The molecule has 0 atom stereocenters. The standard InChI is InChI=1S/2C47H29N5S/c1-3-11-30(12-4-1)31-22-26-35(27-23-31)45-50-44(34-13-5-2-6-14-34)51-46(52-45)37-16-9-15-36(29-37)32-20-24-33(25-21-32)42-43-41(38-17-7-8-19-40(38)53-43)39-18-10-28-48-47(39)49-42;1-3-10-30(11-4-1)31-22-24-35(25-23-31)45-50-44(34-12-5-2-6-13-34)51-46(52-45)38-15-9-14-36(28-38)32-18-20-33(21-19-32)37-26-27-40-41(29-37)48-43-39-16-7-8-17-42(39)53-47(43)49-40/h2*1-29H. The van der Waals surface area contributed by atoms with Crippen molar-refractivity contribution in [2.45, 2.75) is 0 Å². The van der Waals surface area contributed by atoms with E-state index in [2.05, 4.69) is 272 Å². The van der Waals surface area contributed by atoms with Crippen LogP contribution in [-0.4, -0.2) is 49.8 Å². The second-order valence-corrected chi connectivity index (χ2v) is 27.9. The maximum Gasteiger partial charge on any atom is 0.164 e. The number of thiophene rings is 2. The molecule has 0 amide bonds. The van der Waals surface area contributed by atoms with E-state index in [9.17, 15) is 0 Å². The van der Waals surface area contributed by atoms with Gasteiger partial charge in [-0.3, -0.25) is 0 Å². The Morgan fingerprint density at radius 2 is 0.557 bits per heavy atom. The number of hydrogen-bond donors (Lipinski definition) is 0. The largest absolute Gasteiger partial charge is 0.243 e. The van der Waals surface area contributed by atoms with Crippen molar-refractivity contribution >= 4 is 85.3 Å². The van der Waals surface area contributed by atoms with E-state index >= 15 is 0 Å². The van der Waals surface area contributed by atoms with Gasteiger partial charge in [-0.2, -0.15) is 0 Å². The summed E-state index contributed by atoms with van der Waals surface area (Å²) in [7, 11) is 0. The van der Waals surface area contributed by atoms with Crippen LogP contribution in [0.5, 0.6) is 0 Å². The molecule has 13 aromatic carbocycles. The summed E-state index contributed by atoms with van der Waals surface area (Å²) in [6.07, 6.45) is 1.81. The summed E-state index contributed by atoms with van der Waals surface area (Å²) in [5, 5.41) is 4.69. The summed E-state index contributed by atoms with van der Waals surface area (Å²) in [6, 6.07) is 119. The van der Waals surface area contributed by atoms with Crippen LogP contribution in [0.1, 0.15) is 0 Å². The maximum atomic E-state index is 5.09. The SMILES string of the molecule is c1ccc(-c2ccc(-c3nc(-c4ccccc4)nc(-c4cccc(-c5ccc(-c6ccc7nc8sc9ccccc9c8nc7c6)cc5)c4)n3)cc2)cc1.c1ccc(-c2ccc(-c3nc(-c4ccccc4)nc(-c4cccc(-c5ccc(-c6nc7ncccc7c7c6sc6ccccc67)cc5)c4)n3)cc2)cc1. The van der Waals surface area contributed by atoms with E-state index in [4.69, 9.17) is 44.9 Å². The van der Waals surface area contributed by atoms with Crippen LogP contribution in [0.4, 0.5) is 0 Å². The minimum atomic E-state index is 0.625. The topological polar surface area (TPSA) is 129 Å². The lowest BCUT2D eigenvalue weighted by atomic mass is 9.98. The van der Waals surface area contributed by atoms with Crippen LogP contribution in [0.25, 0.3) is 198 Å². The first kappa shape index (κ1) is 63.2. The predicted octanol–water partition coefficient (Wildman–Crippen LogP) is 24.4. The van der Waals surface area contributed by atoms with Crippen LogP contribution in [0, 0.1) is 0 Å². The zero-order chi connectivity index (χ0) is 70.3. The third-order valence-corrected chi connectivity index (χ3v) is 21.4. The Kier molecular flexibility index (Phi) is 16.4. The van der Waals surface area contributed by atoms with Crippen molar-refractivity contribution in [3.8, 4) is 135 Å². The maximum absolute atomic E-state index is 5.09. The Bertz CT molecular complexity index is 6660. The fourth-order valence-electron chi connectivity index (χ4n) is 13.8. The van der Waals surface area contributed by atoms with Gasteiger partial charge in [0.1, 0.15) is 10.3 Å². The molecule has 7 aromatic heterocycles. The Labute approximate surface area is 618 Å². The average molecular weight is 1390 g/mol. The second kappa shape index (κ2) is 27.5. The van der Waals surface area contributed by atoms with Gasteiger partial charge in [-0.1, -0.05) is 297 Å². The lowest BCUT2D eigenvalue weighted by Gasteiger charge is -2.11. The summed E-state index contributed by atoms with van der Waals surface area (Å²) in [5.74, 6) is 3.80. The molecular weight excluding hydrogens is 1330 g/mol. The van der Waals surface area contributed by atoms with E-state index < -0.39 is 0 Å². The molecule has 0 fully saturated rings. The zero-order valence-corrected chi connectivity index (χ0v) is 58.4. The van der Waals surface area contributed by atoms with E-state index in [1.165, 1.54) is 36.0 Å². The molecule has 12 heteroatoms. The Balaban J connectivity index is 0.000000145. The van der Waals surface area contributed by atoms with Crippen molar-refractivity contribution in [2.75, 3.05) is 0 Å². The quantitative estimate of drug-likeness (QED) is 0.117. The fraction of sp³-hybridized carbons (Fsp3) is 0. The van der Waals surface area contributed by atoms with Crippen LogP contribution in [0.2, 0.25) is 0 Å². The first-order valence-corrected chi connectivity index (χ1v) is 36.6. The highest BCUT2D eigenvalue weighted by molar-refractivity contribution is 7.26. The highest BCUT2D eigenvalue weighted by Gasteiger charge is 2.20. The molecule has 0 aliphatic carbocycles. The molecule has 0 saturated heterocycles. The molecule has 0 saturated carbocycles. The Hall–Kier alpha value is -13.8. The number of benzene rings is 13. The van der Waals surface area contributed by atoms with Crippen molar-refractivity contribution in [2.24, 2.45) is 0 Å². The number of aromatic nitrogens is 10. The zero-order valence-electron chi connectivity index (χ0n) is 56.8. The minimum absolute atomic E-state index is 0.625. The third-order valence-electron chi connectivity index (χ3n) is 19.2. The molecule has 0 N–H and O–H groups in total. The van der Waals surface area contributed by atoms with E-state index in [1.807, 2.05) is 85.1 Å². The molecule has 106 heavy (non-hydrogen) atoms. The molecule has 0 radical (unpaired) electrons. The molecular formula is C94H58N10S2. The van der Waals surface area contributed by atoms with Crippen molar-refractivity contribution < 1.29 is 0 Å². The summed E-state index contributed by atoms with van der Waals surface area (Å²) in [6.45, 7) is 0. The van der Waals surface area contributed by atoms with Crippen LogP contribution < -0.4 is 0 Å². The summed E-state index contributed by atoms with van der Waals surface area (Å²) in [5.41, 5.74) is 22.4. The number of hydrogen-bond acceptors (Lipinski definition) is 12. The van der Waals surface area contributed by atoms with Gasteiger partial charge in [-0.05, 0) is 104 Å². The van der Waals surface area contributed by atoms with E-state index in [-0.39, 0.29) is 0 Å². The summed E-state index contributed by atoms with van der Waals surface area (Å²) >= 11 is 3.48. The Morgan fingerprint density at radius 1 is 0.208 bits per heavy atom. The molecule has 0 unspecified atom stereocenters. The molecule has 496 valence electrons. The lowest BCUT2D eigenvalue weighted by Crippen LogP contribution is -2.00. The highest BCUT2D eigenvalue weighted by atomic mass is 32.1. The van der Waals surface area contributed by atoms with E-state index in [0.29, 0.717) is 34.9 Å². The van der Waals surface area contributed by atoms with Gasteiger partial charge in [0.2, 0.25) is 0 Å². The van der Waals surface area contributed by atoms with Crippen LogP contribution in [-0.2, 0) is 0 Å². The molecule has 0 spiro atoms. The number of fused-ring (bicyclic) bond motifs is 9. The molecule has 0 bridgehead atoms. The van der Waals surface area contributed by atoms with Gasteiger partial charge >= 0.3 is 0 Å². The van der Waals surface area contributed by atoms with Crippen LogP contribution >= 0.6 is 22.7 Å². The first-order chi connectivity index (χ1) is 52.5. The number of pyridine rings is 2. The smallest absolute Gasteiger partial charge is 0.164 e. The number of nitrogens with zero attached hydrogens (tertiary/aromatic N) is 10. The second-order valence-electron chi connectivity index (χ2n) is 25.9. The predicted molar refractivity (Wildman–Crippen MR) is 437 cm³/mol. The van der Waals surface area contributed by atoms with Gasteiger partial charge in [0.25, 0.3) is 0 Å². The fourth-order valence-corrected chi connectivity index (χ4v) is 16.0.